The average Bonchev–Trinajstić information content (AvgIpc) is 2.83. The van der Waals surface area contributed by atoms with Crippen LogP contribution in [-0.4, -0.2) is 47.3 Å². The highest BCUT2D eigenvalue weighted by Gasteiger charge is 2.32. The third kappa shape index (κ3) is 7.32. The molecule has 0 saturated heterocycles. The smallest absolute Gasteiger partial charge is 0.328 e. The molecule has 0 saturated carbocycles. The van der Waals surface area contributed by atoms with Crippen LogP contribution < -0.4 is 14.8 Å². The molecule has 8 nitrogen and oxygen atoms in total. The van der Waals surface area contributed by atoms with Crippen molar-refractivity contribution >= 4 is 11.9 Å². The second kappa shape index (κ2) is 12.6. The third-order valence-corrected chi connectivity index (χ3v) is 6.11. The average molecular weight is 505 g/mol. The van der Waals surface area contributed by atoms with Crippen LogP contribution in [0.4, 0.5) is 4.39 Å². The molecule has 198 valence electrons. The molecule has 1 heterocycles. The fourth-order valence-electron chi connectivity index (χ4n) is 3.86. The molecule has 0 radical (unpaired) electrons. The Morgan fingerprint density at radius 1 is 1.11 bits per heavy atom. The molecule has 0 bridgehead atoms. The van der Waals surface area contributed by atoms with E-state index in [1.54, 1.807) is 31.2 Å². The third-order valence-electron chi connectivity index (χ3n) is 6.11. The SMILES string of the molecule is CCC(CC)[C@@H](Oc1ccc(C(C)(C)F)cc1)[C@H](C)OC(=O)[C@H](C)NC(=O)c1nccc(OC)c1O. The number of carbonyl (C=O) groups is 2. The molecule has 0 aliphatic heterocycles. The molecule has 3 atom stereocenters. The Bertz CT molecular complexity index is 1020. The van der Waals surface area contributed by atoms with Crippen LogP contribution >= 0.6 is 0 Å². The fraction of sp³-hybridized carbons (Fsp3) is 0.519. The number of nitrogens with zero attached hydrogens (tertiary/aromatic N) is 1. The number of benzene rings is 1. The van der Waals surface area contributed by atoms with Crippen LogP contribution in [0, 0.1) is 5.92 Å². The minimum atomic E-state index is -1.46. The van der Waals surface area contributed by atoms with Gasteiger partial charge in [0.2, 0.25) is 0 Å². The van der Waals surface area contributed by atoms with E-state index < -0.39 is 41.5 Å². The summed E-state index contributed by atoms with van der Waals surface area (Å²) in [7, 11) is 1.35. The molecule has 0 spiro atoms. The maximum absolute atomic E-state index is 14.2. The van der Waals surface area contributed by atoms with Crippen molar-refractivity contribution in [2.24, 2.45) is 5.92 Å². The molecule has 2 aromatic rings. The van der Waals surface area contributed by atoms with Crippen LogP contribution in [-0.2, 0) is 15.2 Å². The first-order valence-corrected chi connectivity index (χ1v) is 12.1. The van der Waals surface area contributed by atoms with Gasteiger partial charge in [-0.3, -0.25) is 4.79 Å². The maximum atomic E-state index is 14.2. The molecule has 1 aromatic heterocycles. The number of halogens is 1. The first kappa shape index (κ1) is 28.9. The summed E-state index contributed by atoms with van der Waals surface area (Å²) in [5.74, 6) is -1.10. The van der Waals surface area contributed by atoms with Gasteiger partial charge in [-0.05, 0) is 64.2 Å². The molecule has 0 fully saturated rings. The second-order valence-corrected chi connectivity index (χ2v) is 9.20. The van der Waals surface area contributed by atoms with Gasteiger partial charge < -0.3 is 24.6 Å². The Labute approximate surface area is 212 Å². The number of aromatic hydroxyl groups is 1. The Hall–Kier alpha value is -3.36. The van der Waals surface area contributed by atoms with Crippen LogP contribution in [0.2, 0.25) is 0 Å². The molecule has 0 unspecified atom stereocenters. The van der Waals surface area contributed by atoms with E-state index in [2.05, 4.69) is 10.3 Å². The van der Waals surface area contributed by atoms with Crippen molar-refractivity contribution in [1.82, 2.24) is 10.3 Å². The number of carbonyl (C=O) groups excluding carboxylic acids is 2. The number of aromatic nitrogens is 1. The molecule has 2 rings (SSSR count). The molecular weight excluding hydrogens is 467 g/mol. The number of amides is 1. The van der Waals surface area contributed by atoms with Crippen molar-refractivity contribution in [2.75, 3.05) is 7.11 Å². The van der Waals surface area contributed by atoms with Gasteiger partial charge >= 0.3 is 5.97 Å². The molecule has 0 aliphatic carbocycles. The molecule has 1 aromatic carbocycles. The number of methoxy groups -OCH3 is 1. The number of ether oxygens (including phenoxy) is 3. The van der Waals surface area contributed by atoms with Crippen molar-refractivity contribution < 1.29 is 33.3 Å². The Kier molecular flexibility index (Phi) is 10.1. The fourth-order valence-corrected chi connectivity index (χ4v) is 3.86. The second-order valence-electron chi connectivity index (χ2n) is 9.20. The first-order valence-electron chi connectivity index (χ1n) is 12.1. The van der Waals surface area contributed by atoms with Gasteiger partial charge in [0.05, 0.1) is 7.11 Å². The number of alkyl halides is 1. The molecular formula is C27H37FN2O6. The van der Waals surface area contributed by atoms with E-state index in [-0.39, 0.29) is 17.4 Å². The molecule has 0 aliphatic rings. The summed E-state index contributed by atoms with van der Waals surface area (Å²) in [5, 5.41) is 12.6. The Balaban J connectivity index is 2.11. The lowest BCUT2D eigenvalue weighted by atomic mass is 9.93. The Morgan fingerprint density at radius 3 is 2.25 bits per heavy atom. The summed E-state index contributed by atoms with van der Waals surface area (Å²) in [6, 6.07) is 7.16. The molecule has 1 amide bonds. The Morgan fingerprint density at radius 2 is 1.72 bits per heavy atom. The highest BCUT2D eigenvalue weighted by atomic mass is 19.1. The van der Waals surface area contributed by atoms with Gasteiger partial charge in [-0.1, -0.05) is 26.0 Å². The van der Waals surface area contributed by atoms with Crippen LogP contribution in [0.1, 0.15) is 70.4 Å². The number of rotatable bonds is 12. The standard InChI is InChI=1S/C27H37FN2O6/c1-8-18(9-2)24(36-20-12-10-19(11-13-20)27(5,6)28)17(4)35-26(33)16(3)30-25(32)22-23(31)21(34-7)14-15-29-22/h10-18,24,31H,8-9H2,1-7H3,(H,30,32)/t16-,17-,24-/m0/s1. The van der Waals surface area contributed by atoms with E-state index in [0.29, 0.717) is 11.3 Å². The van der Waals surface area contributed by atoms with Gasteiger partial charge in [-0.2, -0.15) is 0 Å². The van der Waals surface area contributed by atoms with Crippen molar-refractivity contribution in [1.29, 1.82) is 0 Å². The summed E-state index contributed by atoms with van der Waals surface area (Å²) >= 11 is 0. The predicted molar refractivity (Wildman–Crippen MR) is 134 cm³/mol. The zero-order chi connectivity index (χ0) is 27.0. The topological polar surface area (TPSA) is 107 Å². The zero-order valence-electron chi connectivity index (χ0n) is 22.0. The maximum Gasteiger partial charge on any atom is 0.328 e. The van der Waals surface area contributed by atoms with Crippen molar-refractivity contribution in [3.05, 3.63) is 47.8 Å². The summed E-state index contributed by atoms with van der Waals surface area (Å²) in [4.78, 5) is 29.2. The van der Waals surface area contributed by atoms with Crippen LogP contribution in [0.5, 0.6) is 17.2 Å². The predicted octanol–water partition coefficient (Wildman–Crippen LogP) is 4.93. The van der Waals surface area contributed by atoms with E-state index in [0.717, 1.165) is 12.8 Å². The minimum absolute atomic E-state index is 0.0901. The van der Waals surface area contributed by atoms with E-state index in [9.17, 15) is 19.1 Å². The van der Waals surface area contributed by atoms with Crippen molar-refractivity contribution in [3.63, 3.8) is 0 Å². The van der Waals surface area contributed by atoms with Gasteiger partial charge in [0.1, 0.15) is 29.7 Å². The van der Waals surface area contributed by atoms with Crippen LogP contribution in [0.3, 0.4) is 0 Å². The van der Waals surface area contributed by atoms with Gasteiger partial charge in [-0.25, -0.2) is 14.2 Å². The molecule has 9 heteroatoms. The lowest BCUT2D eigenvalue weighted by Gasteiger charge is -2.31. The quantitative estimate of drug-likeness (QED) is 0.395. The van der Waals surface area contributed by atoms with Gasteiger partial charge in [-0.15, -0.1) is 0 Å². The zero-order valence-corrected chi connectivity index (χ0v) is 22.0. The van der Waals surface area contributed by atoms with Gasteiger partial charge in [0, 0.05) is 12.3 Å². The van der Waals surface area contributed by atoms with E-state index in [1.807, 2.05) is 13.8 Å². The largest absolute Gasteiger partial charge is 0.503 e. The first-order chi connectivity index (χ1) is 16.9. The minimum Gasteiger partial charge on any atom is -0.503 e. The molecule has 36 heavy (non-hydrogen) atoms. The highest BCUT2D eigenvalue weighted by molar-refractivity contribution is 5.97. The van der Waals surface area contributed by atoms with Crippen LogP contribution in [0.15, 0.2) is 36.5 Å². The summed E-state index contributed by atoms with van der Waals surface area (Å²) in [5.41, 5.74) is -1.19. The van der Waals surface area contributed by atoms with Gasteiger partial charge in [0.25, 0.3) is 5.91 Å². The lowest BCUT2D eigenvalue weighted by Crippen LogP contribution is -2.45. The number of nitrogens with one attached hydrogen (secondary N) is 1. The lowest BCUT2D eigenvalue weighted by molar-refractivity contribution is -0.156. The van der Waals surface area contributed by atoms with Crippen LogP contribution in [0.25, 0.3) is 0 Å². The number of pyridine rings is 1. The van der Waals surface area contributed by atoms with E-state index in [1.165, 1.54) is 40.1 Å². The molecule has 2 N–H and O–H groups in total. The normalized spacial score (nSPS) is 14.0. The number of hydrogen-bond acceptors (Lipinski definition) is 7. The van der Waals surface area contributed by atoms with Crippen molar-refractivity contribution in [3.8, 4) is 17.2 Å². The van der Waals surface area contributed by atoms with Gasteiger partial charge in [0.15, 0.2) is 17.2 Å². The summed E-state index contributed by atoms with van der Waals surface area (Å²) in [6.07, 6.45) is 1.82. The van der Waals surface area contributed by atoms with Crippen molar-refractivity contribution in [2.45, 2.75) is 78.3 Å². The number of hydrogen-bond donors (Lipinski definition) is 2. The number of esters is 1. The van der Waals surface area contributed by atoms with E-state index in [4.69, 9.17) is 14.2 Å². The highest BCUT2D eigenvalue weighted by Crippen LogP contribution is 2.29. The summed E-state index contributed by atoms with van der Waals surface area (Å²) in [6.45, 7) is 10.3. The van der Waals surface area contributed by atoms with E-state index >= 15 is 0 Å². The summed E-state index contributed by atoms with van der Waals surface area (Å²) < 4.78 is 31.1. The monoisotopic (exact) mass is 504 g/mol.